The summed E-state index contributed by atoms with van der Waals surface area (Å²) in [6.07, 6.45) is 5.07. The number of halogens is 1. The number of carbonyl (C=O) groups is 2. The van der Waals surface area contributed by atoms with E-state index in [1.807, 2.05) is 59.4 Å². The molecule has 5 nitrogen and oxygen atoms in total. The number of ether oxygens (including phenoxy) is 1. The van der Waals surface area contributed by atoms with Crippen molar-refractivity contribution >= 4 is 23.3 Å². The van der Waals surface area contributed by atoms with E-state index in [1.54, 1.807) is 24.1 Å². The third-order valence-electron chi connectivity index (χ3n) is 5.59. The normalized spacial score (nSPS) is 14.5. The standard InChI is InChI=1S/C24H23ClN2O3/c1-30-22-16-21(26-11-5-6-12-26)20(25)15-19(22)24(29)27-13-9-18(10-14-27)23(28)17-7-3-2-4-8-17/h2-8,11-12,15-16,18H,9-10,13-14H2,1H3. The smallest absolute Gasteiger partial charge is 0.257 e. The van der Waals surface area contributed by atoms with Gasteiger partial charge in [0.15, 0.2) is 5.78 Å². The van der Waals surface area contributed by atoms with E-state index in [0.717, 1.165) is 11.3 Å². The zero-order chi connectivity index (χ0) is 21.1. The van der Waals surface area contributed by atoms with Gasteiger partial charge < -0.3 is 14.2 Å². The molecule has 0 atom stereocenters. The molecule has 1 aliphatic heterocycles. The van der Waals surface area contributed by atoms with Crippen LogP contribution in [0.3, 0.4) is 0 Å². The second-order valence-electron chi connectivity index (χ2n) is 7.39. The number of likely N-dealkylation sites (tertiary alicyclic amines) is 1. The van der Waals surface area contributed by atoms with E-state index in [4.69, 9.17) is 16.3 Å². The number of ketones is 1. The number of Topliss-reactive ketones (excluding diaryl/α,β-unsaturated/α-hetero) is 1. The first-order chi connectivity index (χ1) is 14.6. The van der Waals surface area contributed by atoms with E-state index in [-0.39, 0.29) is 17.6 Å². The Hall–Kier alpha value is -3.05. The van der Waals surface area contributed by atoms with Crippen molar-refractivity contribution in [2.45, 2.75) is 12.8 Å². The lowest BCUT2D eigenvalue weighted by Gasteiger charge is -2.32. The van der Waals surface area contributed by atoms with Crippen LogP contribution in [0, 0.1) is 5.92 Å². The molecule has 0 aliphatic carbocycles. The van der Waals surface area contributed by atoms with E-state index < -0.39 is 0 Å². The number of benzene rings is 2. The third kappa shape index (κ3) is 3.98. The van der Waals surface area contributed by atoms with E-state index in [9.17, 15) is 9.59 Å². The zero-order valence-corrected chi connectivity index (χ0v) is 17.5. The third-order valence-corrected chi connectivity index (χ3v) is 5.90. The quantitative estimate of drug-likeness (QED) is 0.551. The second kappa shape index (κ2) is 8.76. The van der Waals surface area contributed by atoms with Crippen molar-refractivity contribution < 1.29 is 14.3 Å². The van der Waals surface area contributed by atoms with Crippen LogP contribution in [-0.2, 0) is 0 Å². The van der Waals surface area contributed by atoms with E-state index in [1.165, 1.54) is 0 Å². The number of rotatable bonds is 5. The summed E-state index contributed by atoms with van der Waals surface area (Å²) in [4.78, 5) is 27.6. The number of nitrogens with zero attached hydrogens (tertiary/aromatic N) is 2. The van der Waals surface area contributed by atoms with Gasteiger partial charge in [0.25, 0.3) is 5.91 Å². The van der Waals surface area contributed by atoms with Gasteiger partial charge in [-0.1, -0.05) is 41.9 Å². The summed E-state index contributed by atoms with van der Waals surface area (Å²) < 4.78 is 7.37. The van der Waals surface area contributed by atoms with Gasteiger partial charge in [0.1, 0.15) is 5.75 Å². The first-order valence-corrected chi connectivity index (χ1v) is 10.4. The van der Waals surface area contributed by atoms with Crippen LogP contribution in [-0.4, -0.2) is 41.4 Å². The van der Waals surface area contributed by atoms with Crippen molar-refractivity contribution in [2.75, 3.05) is 20.2 Å². The van der Waals surface area contributed by atoms with Crippen molar-refractivity contribution in [3.8, 4) is 11.4 Å². The average Bonchev–Trinajstić information content (AvgIpc) is 3.33. The van der Waals surface area contributed by atoms with Crippen LogP contribution in [0.1, 0.15) is 33.6 Å². The fourth-order valence-electron chi connectivity index (χ4n) is 3.92. The van der Waals surface area contributed by atoms with Gasteiger partial charge in [-0.2, -0.15) is 0 Å². The molecule has 1 saturated heterocycles. The van der Waals surface area contributed by atoms with Crippen molar-refractivity contribution in [3.05, 3.63) is 83.1 Å². The van der Waals surface area contributed by atoms with Crippen LogP contribution < -0.4 is 4.74 Å². The minimum absolute atomic E-state index is 0.0574. The Bertz CT molecular complexity index is 1040. The van der Waals surface area contributed by atoms with Crippen LogP contribution in [0.4, 0.5) is 0 Å². The molecule has 3 aromatic rings. The summed E-state index contributed by atoms with van der Waals surface area (Å²) in [5.41, 5.74) is 1.92. The number of carbonyl (C=O) groups excluding carboxylic acids is 2. The highest BCUT2D eigenvalue weighted by molar-refractivity contribution is 6.33. The van der Waals surface area contributed by atoms with Crippen LogP contribution in [0.5, 0.6) is 5.75 Å². The second-order valence-corrected chi connectivity index (χ2v) is 7.80. The fraction of sp³-hybridized carbons (Fsp3) is 0.250. The predicted octanol–water partition coefficient (Wildman–Crippen LogP) is 4.87. The molecular weight excluding hydrogens is 400 g/mol. The van der Waals surface area contributed by atoms with Crippen molar-refractivity contribution in [3.63, 3.8) is 0 Å². The van der Waals surface area contributed by atoms with Crippen molar-refractivity contribution in [1.82, 2.24) is 9.47 Å². The number of aromatic nitrogens is 1. The maximum absolute atomic E-state index is 13.2. The minimum Gasteiger partial charge on any atom is -0.496 e. The Morgan fingerprint density at radius 3 is 2.30 bits per heavy atom. The molecule has 1 amide bonds. The number of hydrogen-bond donors (Lipinski definition) is 0. The summed E-state index contributed by atoms with van der Waals surface area (Å²) in [5.74, 6) is 0.450. The molecule has 0 radical (unpaired) electrons. The lowest BCUT2D eigenvalue weighted by Crippen LogP contribution is -2.40. The van der Waals surface area contributed by atoms with Gasteiger partial charge in [0.2, 0.25) is 0 Å². The van der Waals surface area contributed by atoms with Crippen LogP contribution >= 0.6 is 11.6 Å². The molecule has 4 rings (SSSR count). The number of amides is 1. The lowest BCUT2D eigenvalue weighted by atomic mass is 9.88. The number of hydrogen-bond acceptors (Lipinski definition) is 3. The molecule has 0 saturated carbocycles. The molecule has 1 aliphatic rings. The molecule has 2 aromatic carbocycles. The van der Waals surface area contributed by atoms with Crippen molar-refractivity contribution in [2.24, 2.45) is 5.92 Å². The number of methoxy groups -OCH3 is 1. The molecule has 1 fully saturated rings. The molecule has 0 spiro atoms. The molecule has 2 heterocycles. The highest BCUT2D eigenvalue weighted by Crippen LogP contribution is 2.32. The fourth-order valence-corrected chi connectivity index (χ4v) is 4.19. The van der Waals surface area contributed by atoms with Gasteiger partial charge in [-0.05, 0) is 31.0 Å². The van der Waals surface area contributed by atoms with Gasteiger partial charge in [-0.25, -0.2) is 0 Å². The average molecular weight is 423 g/mol. The molecule has 1 aromatic heterocycles. The molecule has 0 bridgehead atoms. The van der Waals surface area contributed by atoms with E-state index in [2.05, 4.69) is 0 Å². The maximum atomic E-state index is 13.2. The SMILES string of the molecule is COc1cc(-n2cccc2)c(Cl)cc1C(=O)N1CCC(C(=O)c2ccccc2)CC1. The first kappa shape index (κ1) is 20.2. The Morgan fingerprint density at radius 1 is 1.00 bits per heavy atom. The van der Waals surface area contributed by atoms with Gasteiger partial charge >= 0.3 is 0 Å². The summed E-state index contributed by atoms with van der Waals surface area (Å²) in [6, 6.07) is 16.6. The van der Waals surface area contributed by atoms with Crippen LogP contribution in [0.25, 0.3) is 5.69 Å². The molecule has 6 heteroatoms. The van der Waals surface area contributed by atoms with Crippen molar-refractivity contribution in [1.29, 1.82) is 0 Å². The van der Waals surface area contributed by atoms with E-state index in [0.29, 0.717) is 42.3 Å². The first-order valence-electron chi connectivity index (χ1n) is 9.98. The highest BCUT2D eigenvalue weighted by Gasteiger charge is 2.30. The summed E-state index contributed by atoms with van der Waals surface area (Å²) >= 11 is 6.47. The largest absolute Gasteiger partial charge is 0.496 e. The van der Waals surface area contributed by atoms with Crippen LogP contribution in [0.15, 0.2) is 67.0 Å². The monoisotopic (exact) mass is 422 g/mol. The van der Waals surface area contributed by atoms with Crippen LogP contribution in [0.2, 0.25) is 5.02 Å². The Balaban J connectivity index is 1.49. The minimum atomic E-state index is -0.126. The topological polar surface area (TPSA) is 51.5 Å². The summed E-state index contributed by atoms with van der Waals surface area (Å²) in [5, 5.41) is 0.476. The lowest BCUT2D eigenvalue weighted by molar-refractivity contribution is 0.0647. The molecule has 154 valence electrons. The molecule has 30 heavy (non-hydrogen) atoms. The maximum Gasteiger partial charge on any atom is 0.257 e. The summed E-state index contributed by atoms with van der Waals surface area (Å²) in [6.45, 7) is 1.06. The molecular formula is C24H23ClN2O3. The Morgan fingerprint density at radius 2 is 1.67 bits per heavy atom. The van der Waals surface area contributed by atoms with Gasteiger partial charge in [-0.3, -0.25) is 9.59 Å². The predicted molar refractivity (Wildman–Crippen MR) is 117 cm³/mol. The van der Waals surface area contributed by atoms with Gasteiger partial charge in [0, 0.05) is 43.0 Å². The number of piperidine rings is 1. The van der Waals surface area contributed by atoms with Gasteiger partial charge in [0.05, 0.1) is 23.4 Å². The highest BCUT2D eigenvalue weighted by atomic mass is 35.5. The van der Waals surface area contributed by atoms with E-state index >= 15 is 0 Å². The Labute approximate surface area is 180 Å². The summed E-state index contributed by atoms with van der Waals surface area (Å²) in [7, 11) is 1.55. The Kier molecular flexibility index (Phi) is 5.91. The van der Waals surface area contributed by atoms with Gasteiger partial charge in [-0.15, -0.1) is 0 Å². The molecule has 0 unspecified atom stereocenters. The molecule has 0 N–H and O–H groups in total. The zero-order valence-electron chi connectivity index (χ0n) is 16.8.